The van der Waals surface area contributed by atoms with Gasteiger partial charge in [0.25, 0.3) is 31.8 Å². The maximum atomic E-state index is 12.1. The number of carbonyl (C=O) groups is 4. The lowest BCUT2D eigenvalue weighted by molar-refractivity contribution is -0.167. The minimum atomic E-state index is -4.99. The molecule has 0 bridgehead atoms. The Kier molecular flexibility index (Phi) is 12.9. The van der Waals surface area contributed by atoms with Crippen LogP contribution >= 0.6 is 0 Å². The SMILES string of the molecule is CCCCCCC(C(=O)C(=O)OC(=O)C(=O)C(CCCCCC)S(=O)(=O)O)S(=O)(=O)O. The predicted molar refractivity (Wildman–Crippen MR) is 109 cm³/mol. The average Bonchev–Trinajstić information content (AvgIpc) is 2.64. The maximum absolute atomic E-state index is 12.1. The lowest BCUT2D eigenvalue weighted by atomic mass is 10.1. The van der Waals surface area contributed by atoms with E-state index in [1.165, 1.54) is 0 Å². The molecule has 0 aliphatic rings. The molecule has 31 heavy (non-hydrogen) atoms. The third-order valence-electron chi connectivity index (χ3n) is 4.53. The number of hydrogen-bond donors (Lipinski definition) is 2. The molecular weight excluding hydrogens is 456 g/mol. The first kappa shape index (κ1) is 29.3. The normalized spacial score (nSPS) is 13.9. The van der Waals surface area contributed by atoms with Crippen molar-refractivity contribution < 1.29 is 49.9 Å². The number of esters is 2. The van der Waals surface area contributed by atoms with Crippen LogP contribution in [0.5, 0.6) is 0 Å². The molecule has 0 saturated carbocycles. The summed E-state index contributed by atoms with van der Waals surface area (Å²) in [6.07, 6.45) is 3.66. The van der Waals surface area contributed by atoms with Crippen molar-refractivity contribution in [2.75, 3.05) is 0 Å². The molecule has 0 spiro atoms. The molecular formula is C18H30O11S2. The molecule has 0 fully saturated rings. The van der Waals surface area contributed by atoms with Crippen molar-refractivity contribution in [3.63, 3.8) is 0 Å². The van der Waals surface area contributed by atoms with E-state index in [9.17, 15) is 45.1 Å². The zero-order valence-electron chi connectivity index (χ0n) is 17.6. The monoisotopic (exact) mass is 486 g/mol. The molecule has 0 radical (unpaired) electrons. The fourth-order valence-electron chi connectivity index (χ4n) is 2.79. The van der Waals surface area contributed by atoms with Crippen molar-refractivity contribution in [2.24, 2.45) is 0 Å². The van der Waals surface area contributed by atoms with E-state index in [1.807, 2.05) is 13.8 Å². The second-order valence-electron chi connectivity index (χ2n) is 7.11. The molecule has 2 unspecified atom stereocenters. The van der Waals surface area contributed by atoms with Gasteiger partial charge in [0.05, 0.1) is 0 Å². The van der Waals surface area contributed by atoms with Gasteiger partial charge in [-0.2, -0.15) is 16.8 Å². The summed E-state index contributed by atoms with van der Waals surface area (Å²) in [5.74, 6) is -7.55. The number of Topliss-reactive ketones (excluding diaryl/α,β-unsaturated/α-hetero) is 2. The van der Waals surface area contributed by atoms with Gasteiger partial charge < -0.3 is 4.74 Å². The molecule has 0 aromatic rings. The highest BCUT2D eigenvalue weighted by Crippen LogP contribution is 2.16. The Hall–Kier alpha value is -1.70. The highest BCUT2D eigenvalue weighted by molar-refractivity contribution is 7.87. The third kappa shape index (κ3) is 10.9. The first-order chi connectivity index (χ1) is 14.3. The molecule has 2 N–H and O–H groups in total. The minimum absolute atomic E-state index is 0.187. The van der Waals surface area contributed by atoms with Crippen molar-refractivity contribution in [2.45, 2.75) is 88.6 Å². The molecule has 2 atom stereocenters. The van der Waals surface area contributed by atoms with Crippen LogP contribution in [0.2, 0.25) is 0 Å². The number of rotatable bonds is 16. The van der Waals surface area contributed by atoms with Crippen molar-refractivity contribution >= 4 is 43.7 Å². The van der Waals surface area contributed by atoms with Crippen LogP contribution in [0.4, 0.5) is 0 Å². The molecule has 0 amide bonds. The maximum Gasteiger partial charge on any atom is 0.384 e. The van der Waals surface area contributed by atoms with Gasteiger partial charge in [0.2, 0.25) is 0 Å². The molecule has 0 aliphatic carbocycles. The summed E-state index contributed by atoms with van der Waals surface area (Å²) in [6, 6.07) is 0. The van der Waals surface area contributed by atoms with Gasteiger partial charge in [0, 0.05) is 0 Å². The summed E-state index contributed by atoms with van der Waals surface area (Å²) in [5, 5.41) is -4.35. The molecule has 0 rings (SSSR count). The van der Waals surface area contributed by atoms with Crippen LogP contribution in [0.3, 0.4) is 0 Å². The number of carbonyl (C=O) groups excluding carboxylic acids is 4. The Balaban J connectivity index is 5.23. The molecule has 0 aromatic carbocycles. The minimum Gasteiger partial charge on any atom is -0.381 e. The summed E-state index contributed by atoms with van der Waals surface area (Å²) in [6.45, 7) is 3.77. The van der Waals surface area contributed by atoms with E-state index >= 15 is 0 Å². The fourth-order valence-corrected chi connectivity index (χ4v) is 4.45. The van der Waals surface area contributed by atoms with E-state index in [-0.39, 0.29) is 12.8 Å². The van der Waals surface area contributed by atoms with Crippen LogP contribution in [-0.4, -0.2) is 59.9 Å². The predicted octanol–water partition coefficient (Wildman–Crippen LogP) is 1.65. The smallest absolute Gasteiger partial charge is 0.381 e. The zero-order valence-corrected chi connectivity index (χ0v) is 19.2. The second kappa shape index (κ2) is 13.7. The highest BCUT2D eigenvalue weighted by Gasteiger charge is 2.41. The lowest BCUT2D eigenvalue weighted by Crippen LogP contribution is -2.41. The van der Waals surface area contributed by atoms with E-state index in [0.29, 0.717) is 12.8 Å². The van der Waals surface area contributed by atoms with Crippen LogP contribution in [0.1, 0.15) is 78.1 Å². The standard InChI is InChI=1S/C18H30O11S2/c1-3-5-7-9-11-13(30(23,24)25)15(19)17(21)29-18(22)16(20)14(31(26,27)28)12-10-8-6-4-2/h13-14H,3-12H2,1-2H3,(H,23,24,25)(H,26,27,28). The number of ketones is 2. The topological polar surface area (TPSA) is 186 Å². The first-order valence-corrected chi connectivity index (χ1v) is 13.0. The quantitative estimate of drug-likeness (QED) is 0.106. The van der Waals surface area contributed by atoms with Crippen LogP contribution in [-0.2, 0) is 44.2 Å². The summed E-state index contributed by atoms with van der Waals surface area (Å²) >= 11 is 0. The third-order valence-corrected chi connectivity index (χ3v) is 6.87. The van der Waals surface area contributed by atoms with Crippen LogP contribution in [0.15, 0.2) is 0 Å². The van der Waals surface area contributed by atoms with E-state index in [2.05, 4.69) is 4.74 Å². The fraction of sp³-hybridized carbons (Fsp3) is 0.778. The van der Waals surface area contributed by atoms with Crippen LogP contribution < -0.4 is 0 Å². The van der Waals surface area contributed by atoms with Gasteiger partial charge in [-0.25, -0.2) is 9.59 Å². The van der Waals surface area contributed by atoms with Gasteiger partial charge in [0.15, 0.2) is 10.5 Å². The van der Waals surface area contributed by atoms with Gasteiger partial charge in [-0.1, -0.05) is 65.2 Å². The molecule has 180 valence electrons. The van der Waals surface area contributed by atoms with Crippen molar-refractivity contribution in [3.8, 4) is 0 Å². The molecule has 0 heterocycles. The van der Waals surface area contributed by atoms with Gasteiger partial charge in [-0.3, -0.25) is 18.7 Å². The second-order valence-corrected chi connectivity index (χ2v) is 10.3. The van der Waals surface area contributed by atoms with E-state index in [1.54, 1.807) is 0 Å². The number of hydrogen-bond acceptors (Lipinski definition) is 9. The van der Waals surface area contributed by atoms with Crippen LogP contribution in [0, 0.1) is 0 Å². The number of unbranched alkanes of at least 4 members (excludes halogenated alkanes) is 6. The van der Waals surface area contributed by atoms with Gasteiger partial charge in [0.1, 0.15) is 0 Å². The van der Waals surface area contributed by atoms with Crippen LogP contribution in [0.25, 0.3) is 0 Å². The first-order valence-electron chi connectivity index (χ1n) is 10.0. The molecule has 0 aromatic heterocycles. The summed E-state index contributed by atoms with van der Waals surface area (Å²) in [7, 11) is -9.98. The van der Waals surface area contributed by atoms with Gasteiger partial charge >= 0.3 is 11.9 Å². The van der Waals surface area contributed by atoms with Crippen molar-refractivity contribution in [1.29, 1.82) is 0 Å². The summed E-state index contributed by atoms with van der Waals surface area (Å²) in [4.78, 5) is 47.9. The van der Waals surface area contributed by atoms with E-state index in [0.717, 1.165) is 25.7 Å². The summed E-state index contributed by atoms with van der Waals surface area (Å²) in [5.41, 5.74) is 0. The van der Waals surface area contributed by atoms with Gasteiger partial charge in [-0.05, 0) is 12.8 Å². The van der Waals surface area contributed by atoms with Crippen molar-refractivity contribution in [1.82, 2.24) is 0 Å². The average molecular weight is 487 g/mol. The molecule has 0 saturated heterocycles. The Morgan fingerprint density at radius 1 is 0.645 bits per heavy atom. The Morgan fingerprint density at radius 2 is 0.968 bits per heavy atom. The molecule has 11 nitrogen and oxygen atoms in total. The molecule has 13 heteroatoms. The van der Waals surface area contributed by atoms with E-state index in [4.69, 9.17) is 0 Å². The zero-order chi connectivity index (χ0) is 24.2. The Labute approximate surface area is 182 Å². The Morgan fingerprint density at radius 3 is 1.23 bits per heavy atom. The highest BCUT2D eigenvalue weighted by atomic mass is 32.2. The lowest BCUT2D eigenvalue weighted by Gasteiger charge is -2.13. The van der Waals surface area contributed by atoms with Crippen molar-refractivity contribution in [3.05, 3.63) is 0 Å². The number of ether oxygens (including phenoxy) is 1. The van der Waals surface area contributed by atoms with Gasteiger partial charge in [-0.15, -0.1) is 0 Å². The van der Waals surface area contributed by atoms with E-state index < -0.39 is 67.1 Å². The largest absolute Gasteiger partial charge is 0.384 e. The molecule has 0 aliphatic heterocycles. The summed E-state index contributed by atoms with van der Waals surface area (Å²) < 4.78 is 68.2. The Bertz CT molecular complexity index is 774.